The second kappa shape index (κ2) is 9.26. The Morgan fingerprint density at radius 2 is 1.57 bits per heavy atom. The van der Waals surface area contributed by atoms with Gasteiger partial charge in [-0.2, -0.15) is 0 Å². The zero-order chi connectivity index (χ0) is 19.9. The van der Waals surface area contributed by atoms with Crippen LogP contribution >= 0.6 is 0 Å². The molecule has 6 heteroatoms. The van der Waals surface area contributed by atoms with E-state index in [0.717, 1.165) is 5.69 Å². The Morgan fingerprint density at radius 3 is 2.14 bits per heavy atom. The highest BCUT2D eigenvalue weighted by Gasteiger charge is 2.29. The standard InChI is InChI=1S/C22H25N3O3/c1-15(26)16-9-11-19(12-10-16)25-22(28)18-7-5-17(6-8-18)21(27)24-14-20-4-2-3-13-23-20/h2-4,9-13,17-18H,5-8,14H2,1H3,(H,24,27)(H,25,28). The second-order valence-corrected chi connectivity index (χ2v) is 7.21. The first kappa shape index (κ1) is 19.7. The van der Waals surface area contributed by atoms with Gasteiger partial charge in [0.1, 0.15) is 0 Å². The summed E-state index contributed by atoms with van der Waals surface area (Å²) in [7, 11) is 0. The maximum Gasteiger partial charge on any atom is 0.227 e. The molecular weight excluding hydrogens is 354 g/mol. The quantitative estimate of drug-likeness (QED) is 0.754. The molecular formula is C22H25N3O3. The van der Waals surface area contributed by atoms with Crippen molar-refractivity contribution in [3.8, 4) is 0 Å². The Labute approximate surface area is 164 Å². The Kier molecular flexibility index (Phi) is 6.53. The van der Waals surface area contributed by atoms with Gasteiger partial charge in [-0.25, -0.2) is 0 Å². The smallest absolute Gasteiger partial charge is 0.227 e. The lowest BCUT2D eigenvalue weighted by molar-refractivity contribution is -0.128. The van der Waals surface area contributed by atoms with Crippen LogP contribution in [0.5, 0.6) is 0 Å². The number of rotatable bonds is 6. The molecule has 1 aromatic heterocycles. The number of anilines is 1. The van der Waals surface area contributed by atoms with Gasteiger partial charge in [-0.15, -0.1) is 0 Å². The highest BCUT2D eigenvalue weighted by Crippen LogP contribution is 2.30. The first-order valence-electron chi connectivity index (χ1n) is 9.62. The minimum absolute atomic E-state index is 0.00230. The van der Waals surface area contributed by atoms with E-state index in [1.165, 1.54) is 6.92 Å². The van der Waals surface area contributed by atoms with Crippen LogP contribution in [0.3, 0.4) is 0 Å². The third kappa shape index (κ3) is 5.25. The number of carbonyl (C=O) groups excluding carboxylic acids is 3. The average Bonchev–Trinajstić information content (AvgIpc) is 2.73. The topological polar surface area (TPSA) is 88.2 Å². The van der Waals surface area contributed by atoms with Crippen molar-refractivity contribution < 1.29 is 14.4 Å². The Bertz CT molecular complexity index is 826. The normalized spacial score (nSPS) is 18.9. The summed E-state index contributed by atoms with van der Waals surface area (Å²) in [5.41, 5.74) is 2.14. The van der Waals surface area contributed by atoms with Gasteiger partial charge in [0.25, 0.3) is 0 Å². The van der Waals surface area contributed by atoms with E-state index < -0.39 is 0 Å². The number of amides is 2. The van der Waals surface area contributed by atoms with Crippen LogP contribution in [-0.2, 0) is 16.1 Å². The molecule has 6 nitrogen and oxygen atoms in total. The van der Waals surface area contributed by atoms with E-state index in [0.29, 0.717) is 43.5 Å². The minimum atomic E-state index is -0.0904. The highest BCUT2D eigenvalue weighted by atomic mass is 16.2. The minimum Gasteiger partial charge on any atom is -0.350 e. The molecule has 1 aliphatic rings. The first-order valence-corrected chi connectivity index (χ1v) is 9.62. The van der Waals surface area contributed by atoms with Gasteiger partial charge in [-0.05, 0) is 69.0 Å². The van der Waals surface area contributed by atoms with Crippen LogP contribution in [0.1, 0.15) is 48.7 Å². The Balaban J connectivity index is 1.44. The molecule has 0 unspecified atom stereocenters. The van der Waals surface area contributed by atoms with Gasteiger partial charge in [-0.3, -0.25) is 19.4 Å². The summed E-state index contributed by atoms with van der Waals surface area (Å²) in [5.74, 6) is -0.139. The van der Waals surface area contributed by atoms with Crippen LogP contribution in [0.25, 0.3) is 0 Å². The van der Waals surface area contributed by atoms with Crippen LogP contribution < -0.4 is 10.6 Å². The van der Waals surface area contributed by atoms with Crippen LogP contribution in [-0.4, -0.2) is 22.6 Å². The lowest BCUT2D eigenvalue weighted by Gasteiger charge is -2.27. The Hall–Kier alpha value is -3.02. The number of pyridine rings is 1. The molecule has 2 amide bonds. The largest absolute Gasteiger partial charge is 0.350 e. The van der Waals surface area contributed by atoms with Gasteiger partial charge in [0.2, 0.25) is 11.8 Å². The number of benzene rings is 1. The molecule has 1 aliphatic carbocycles. The molecule has 1 heterocycles. The van der Waals surface area contributed by atoms with E-state index in [2.05, 4.69) is 15.6 Å². The van der Waals surface area contributed by atoms with Crippen molar-refractivity contribution in [3.63, 3.8) is 0 Å². The van der Waals surface area contributed by atoms with Crippen molar-refractivity contribution in [1.82, 2.24) is 10.3 Å². The fourth-order valence-electron chi connectivity index (χ4n) is 3.48. The molecule has 0 radical (unpaired) electrons. The molecule has 1 saturated carbocycles. The lowest BCUT2D eigenvalue weighted by Crippen LogP contribution is -2.35. The number of hydrogen-bond donors (Lipinski definition) is 2. The van der Waals surface area contributed by atoms with E-state index in [1.807, 2.05) is 18.2 Å². The van der Waals surface area contributed by atoms with Crippen molar-refractivity contribution in [2.75, 3.05) is 5.32 Å². The molecule has 146 valence electrons. The number of Topliss-reactive ketones (excluding diaryl/α,β-unsaturated/α-hetero) is 1. The molecule has 28 heavy (non-hydrogen) atoms. The molecule has 1 fully saturated rings. The van der Waals surface area contributed by atoms with Crippen molar-refractivity contribution in [2.45, 2.75) is 39.2 Å². The van der Waals surface area contributed by atoms with Gasteiger partial charge < -0.3 is 10.6 Å². The summed E-state index contributed by atoms with van der Waals surface area (Å²) in [4.78, 5) is 40.4. The molecule has 3 rings (SSSR count). The van der Waals surface area contributed by atoms with Gasteiger partial charge >= 0.3 is 0 Å². The van der Waals surface area contributed by atoms with Crippen LogP contribution in [0, 0.1) is 11.8 Å². The summed E-state index contributed by atoms with van der Waals surface area (Å²) in [6.07, 6.45) is 4.50. The molecule has 0 aliphatic heterocycles. The van der Waals surface area contributed by atoms with E-state index in [4.69, 9.17) is 0 Å². The van der Waals surface area contributed by atoms with Gasteiger partial charge in [0.05, 0.1) is 12.2 Å². The van der Waals surface area contributed by atoms with Gasteiger partial charge in [0.15, 0.2) is 5.78 Å². The Morgan fingerprint density at radius 1 is 0.929 bits per heavy atom. The van der Waals surface area contributed by atoms with Gasteiger partial charge in [0, 0.05) is 29.3 Å². The zero-order valence-electron chi connectivity index (χ0n) is 16.0. The summed E-state index contributed by atoms with van der Waals surface area (Å²) in [6.45, 7) is 1.94. The van der Waals surface area contributed by atoms with Crippen molar-refractivity contribution in [2.24, 2.45) is 11.8 Å². The molecule has 0 bridgehead atoms. The number of ketones is 1. The molecule has 1 aromatic carbocycles. The van der Waals surface area contributed by atoms with Crippen molar-refractivity contribution in [1.29, 1.82) is 0 Å². The van der Waals surface area contributed by atoms with Crippen LogP contribution in [0.15, 0.2) is 48.7 Å². The summed E-state index contributed by atoms with van der Waals surface area (Å²) >= 11 is 0. The number of nitrogens with zero attached hydrogens (tertiary/aromatic N) is 1. The maximum atomic E-state index is 12.5. The number of aromatic nitrogens is 1. The van der Waals surface area contributed by atoms with E-state index >= 15 is 0 Å². The monoisotopic (exact) mass is 379 g/mol. The zero-order valence-corrected chi connectivity index (χ0v) is 16.0. The summed E-state index contributed by atoms with van der Waals surface area (Å²) < 4.78 is 0. The van der Waals surface area contributed by atoms with Crippen LogP contribution in [0.4, 0.5) is 5.69 Å². The molecule has 2 aromatic rings. The SMILES string of the molecule is CC(=O)c1ccc(NC(=O)C2CCC(C(=O)NCc3ccccn3)CC2)cc1. The summed E-state index contributed by atoms with van der Waals surface area (Å²) in [6, 6.07) is 12.5. The predicted molar refractivity (Wildman–Crippen MR) is 107 cm³/mol. The molecule has 0 saturated heterocycles. The second-order valence-electron chi connectivity index (χ2n) is 7.21. The third-order valence-electron chi connectivity index (χ3n) is 5.20. The average molecular weight is 379 g/mol. The number of carbonyl (C=O) groups is 3. The summed E-state index contributed by atoms with van der Waals surface area (Å²) in [5, 5.41) is 5.85. The number of hydrogen-bond acceptors (Lipinski definition) is 4. The fourth-order valence-corrected chi connectivity index (χ4v) is 3.48. The first-order chi connectivity index (χ1) is 13.5. The van der Waals surface area contributed by atoms with E-state index in [1.54, 1.807) is 30.5 Å². The van der Waals surface area contributed by atoms with Crippen molar-refractivity contribution >= 4 is 23.3 Å². The molecule has 0 atom stereocenters. The van der Waals surface area contributed by atoms with Crippen LogP contribution in [0.2, 0.25) is 0 Å². The van der Waals surface area contributed by atoms with E-state index in [-0.39, 0.29) is 29.4 Å². The fraction of sp³-hybridized carbons (Fsp3) is 0.364. The maximum absolute atomic E-state index is 12.5. The number of nitrogens with one attached hydrogen (secondary N) is 2. The van der Waals surface area contributed by atoms with E-state index in [9.17, 15) is 14.4 Å². The predicted octanol–water partition coefficient (Wildman–Crippen LogP) is 3.35. The highest BCUT2D eigenvalue weighted by molar-refractivity contribution is 5.96. The molecule has 0 spiro atoms. The van der Waals surface area contributed by atoms with Crippen molar-refractivity contribution in [3.05, 3.63) is 59.9 Å². The lowest BCUT2D eigenvalue weighted by atomic mass is 9.81. The molecule has 2 N–H and O–H groups in total. The van der Waals surface area contributed by atoms with Gasteiger partial charge in [-0.1, -0.05) is 6.07 Å². The third-order valence-corrected chi connectivity index (χ3v) is 5.20.